The normalized spacial score (nSPS) is 22.2. The highest BCUT2D eigenvalue weighted by Gasteiger charge is 2.25. The summed E-state index contributed by atoms with van der Waals surface area (Å²) in [5.74, 6) is 1.12. The molecule has 24 heavy (non-hydrogen) atoms. The van der Waals surface area contributed by atoms with E-state index in [9.17, 15) is 0 Å². The first-order chi connectivity index (χ1) is 11.9. The van der Waals surface area contributed by atoms with Gasteiger partial charge in [-0.25, -0.2) is 4.98 Å². The first-order valence-corrected chi connectivity index (χ1v) is 9.04. The average Bonchev–Trinajstić information content (AvgIpc) is 2.70. The molecule has 4 rings (SSSR count). The lowest BCUT2D eigenvalue weighted by atomic mass is 9.90. The number of benzene rings is 1. The maximum Gasteiger partial charge on any atom is 0.128 e. The quantitative estimate of drug-likeness (QED) is 0.857. The number of nitrogens with zero attached hydrogens (tertiary/aromatic N) is 3. The van der Waals surface area contributed by atoms with E-state index in [1.807, 2.05) is 12.3 Å². The molecule has 3 heteroatoms. The Morgan fingerprint density at radius 1 is 0.875 bits per heavy atom. The lowest BCUT2D eigenvalue weighted by Crippen LogP contribution is -2.50. The van der Waals surface area contributed by atoms with Crippen molar-refractivity contribution in [3.8, 4) is 0 Å². The van der Waals surface area contributed by atoms with Crippen LogP contribution in [0.15, 0.2) is 60.8 Å². The van der Waals surface area contributed by atoms with E-state index < -0.39 is 0 Å². The molecule has 0 radical (unpaired) electrons. The molecule has 1 unspecified atom stereocenters. The number of aromatic nitrogens is 1. The topological polar surface area (TPSA) is 19.4 Å². The number of rotatable bonds is 3. The van der Waals surface area contributed by atoms with E-state index in [1.165, 1.54) is 30.4 Å². The largest absolute Gasteiger partial charge is 0.354 e. The van der Waals surface area contributed by atoms with E-state index in [1.54, 1.807) is 0 Å². The second-order valence-corrected chi connectivity index (χ2v) is 6.73. The highest BCUT2D eigenvalue weighted by molar-refractivity contribution is 5.66. The van der Waals surface area contributed by atoms with Crippen LogP contribution in [-0.4, -0.2) is 42.1 Å². The van der Waals surface area contributed by atoms with Gasteiger partial charge < -0.3 is 4.90 Å². The minimum atomic E-state index is 0.711. The van der Waals surface area contributed by atoms with Gasteiger partial charge in [-0.3, -0.25) is 4.90 Å². The molecule has 2 heterocycles. The second kappa shape index (κ2) is 7.18. The van der Waals surface area contributed by atoms with E-state index in [4.69, 9.17) is 0 Å². The molecular weight excluding hydrogens is 294 g/mol. The van der Waals surface area contributed by atoms with Crippen LogP contribution < -0.4 is 4.90 Å². The number of allylic oxidation sites excluding steroid dienone is 1. The highest BCUT2D eigenvalue weighted by Crippen LogP contribution is 2.29. The maximum absolute atomic E-state index is 4.48. The summed E-state index contributed by atoms with van der Waals surface area (Å²) in [4.78, 5) is 9.57. The Balaban J connectivity index is 1.33. The van der Waals surface area contributed by atoms with Gasteiger partial charge in [0.25, 0.3) is 0 Å². The van der Waals surface area contributed by atoms with Crippen molar-refractivity contribution in [1.82, 2.24) is 9.88 Å². The van der Waals surface area contributed by atoms with Crippen molar-refractivity contribution in [3.63, 3.8) is 0 Å². The van der Waals surface area contributed by atoms with Gasteiger partial charge in [0, 0.05) is 38.4 Å². The van der Waals surface area contributed by atoms with Crippen molar-refractivity contribution in [2.24, 2.45) is 0 Å². The van der Waals surface area contributed by atoms with Crippen LogP contribution in [-0.2, 0) is 0 Å². The molecule has 1 aliphatic heterocycles. The number of hydrogen-bond donors (Lipinski definition) is 0. The molecule has 124 valence electrons. The van der Waals surface area contributed by atoms with E-state index in [2.05, 4.69) is 63.3 Å². The second-order valence-electron chi connectivity index (χ2n) is 6.73. The number of pyridine rings is 1. The standard InChI is InChI=1S/C21H25N3/c1-2-6-18(7-3-1)19-9-11-20(12-10-19)23-14-16-24(17-15-23)21-8-4-5-13-22-21/h1-9,13,20H,10-12,14-17H2. The van der Waals surface area contributed by atoms with Gasteiger partial charge in [0.1, 0.15) is 5.82 Å². The molecule has 2 aromatic rings. The Bertz CT molecular complexity index is 673. The van der Waals surface area contributed by atoms with E-state index in [0.717, 1.165) is 32.0 Å². The lowest BCUT2D eigenvalue weighted by molar-refractivity contribution is 0.175. The van der Waals surface area contributed by atoms with Crippen molar-refractivity contribution in [2.75, 3.05) is 31.1 Å². The molecule has 0 N–H and O–H groups in total. The maximum atomic E-state index is 4.48. The van der Waals surface area contributed by atoms with Gasteiger partial charge >= 0.3 is 0 Å². The SMILES string of the molecule is C1=C(c2ccccc2)CCC(N2CCN(c3ccccn3)CC2)C1. The summed E-state index contributed by atoms with van der Waals surface area (Å²) in [5, 5.41) is 0. The molecule has 0 saturated carbocycles. The van der Waals surface area contributed by atoms with Gasteiger partial charge in [0.2, 0.25) is 0 Å². The third kappa shape index (κ3) is 3.36. The zero-order chi connectivity index (χ0) is 16.2. The third-order valence-corrected chi connectivity index (χ3v) is 5.33. The number of piperazine rings is 1. The van der Waals surface area contributed by atoms with Crippen molar-refractivity contribution < 1.29 is 0 Å². The highest BCUT2D eigenvalue weighted by atomic mass is 15.3. The number of hydrogen-bond acceptors (Lipinski definition) is 3. The number of anilines is 1. The molecule has 1 fully saturated rings. The fraction of sp³-hybridized carbons (Fsp3) is 0.381. The fourth-order valence-corrected chi connectivity index (χ4v) is 3.92. The van der Waals surface area contributed by atoms with Crippen molar-refractivity contribution >= 4 is 11.4 Å². The summed E-state index contributed by atoms with van der Waals surface area (Å²) in [5.41, 5.74) is 2.93. The Morgan fingerprint density at radius 2 is 1.67 bits per heavy atom. The van der Waals surface area contributed by atoms with Crippen molar-refractivity contribution in [2.45, 2.75) is 25.3 Å². The molecule has 3 nitrogen and oxygen atoms in total. The summed E-state index contributed by atoms with van der Waals surface area (Å²) < 4.78 is 0. The molecule has 1 aromatic carbocycles. The van der Waals surface area contributed by atoms with Crippen LogP contribution in [0.2, 0.25) is 0 Å². The van der Waals surface area contributed by atoms with Crippen molar-refractivity contribution in [3.05, 3.63) is 66.4 Å². The molecule has 1 aromatic heterocycles. The molecule has 1 saturated heterocycles. The van der Waals surface area contributed by atoms with Gasteiger partial charge in [0.15, 0.2) is 0 Å². The molecule has 1 aliphatic carbocycles. The monoisotopic (exact) mass is 319 g/mol. The molecule has 0 bridgehead atoms. The van der Waals surface area contributed by atoms with Gasteiger partial charge in [-0.1, -0.05) is 42.5 Å². The smallest absolute Gasteiger partial charge is 0.128 e. The Hall–Kier alpha value is -2.13. The van der Waals surface area contributed by atoms with E-state index in [0.29, 0.717) is 6.04 Å². The van der Waals surface area contributed by atoms with Crippen LogP contribution in [0.1, 0.15) is 24.8 Å². The van der Waals surface area contributed by atoms with Crippen molar-refractivity contribution in [1.29, 1.82) is 0 Å². The zero-order valence-electron chi connectivity index (χ0n) is 14.1. The van der Waals surface area contributed by atoms with Crippen LogP contribution in [0.3, 0.4) is 0 Å². The average molecular weight is 319 g/mol. The predicted octanol–water partition coefficient (Wildman–Crippen LogP) is 3.84. The zero-order valence-corrected chi connectivity index (χ0v) is 14.1. The van der Waals surface area contributed by atoms with Crippen LogP contribution in [0.5, 0.6) is 0 Å². The Labute approximate surface area is 144 Å². The summed E-state index contributed by atoms with van der Waals surface area (Å²) in [7, 11) is 0. The predicted molar refractivity (Wildman–Crippen MR) is 100 cm³/mol. The summed E-state index contributed by atoms with van der Waals surface area (Å²) in [6, 6.07) is 17.7. The van der Waals surface area contributed by atoms with Gasteiger partial charge in [-0.2, -0.15) is 0 Å². The minimum Gasteiger partial charge on any atom is -0.354 e. The van der Waals surface area contributed by atoms with Gasteiger partial charge in [-0.15, -0.1) is 0 Å². The molecule has 2 aliphatic rings. The first kappa shape index (κ1) is 15.4. The summed E-state index contributed by atoms with van der Waals surface area (Å²) in [6.07, 6.45) is 8.03. The van der Waals surface area contributed by atoms with Gasteiger partial charge in [-0.05, 0) is 42.5 Å². The van der Waals surface area contributed by atoms with Crippen LogP contribution in [0, 0.1) is 0 Å². The van der Waals surface area contributed by atoms with Crippen LogP contribution in [0.25, 0.3) is 5.57 Å². The van der Waals surface area contributed by atoms with Gasteiger partial charge in [0.05, 0.1) is 0 Å². The molecule has 1 atom stereocenters. The van der Waals surface area contributed by atoms with Crippen LogP contribution in [0.4, 0.5) is 5.82 Å². The van der Waals surface area contributed by atoms with E-state index >= 15 is 0 Å². The Morgan fingerprint density at radius 3 is 2.33 bits per heavy atom. The summed E-state index contributed by atoms with van der Waals surface area (Å²) in [6.45, 7) is 4.47. The lowest BCUT2D eigenvalue weighted by Gasteiger charge is -2.40. The van der Waals surface area contributed by atoms with E-state index in [-0.39, 0.29) is 0 Å². The Kier molecular flexibility index (Phi) is 4.61. The summed E-state index contributed by atoms with van der Waals surface area (Å²) >= 11 is 0. The third-order valence-electron chi connectivity index (χ3n) is 5.33. The molecular formula is C21H25N3. The van der Waals surface area contributed by atoms with Crippen LogP contribution >= 0.6 is 0 Å². The molecule has 0 amide bonds. The first-order valence-electron chi connectivity index (χ1n) is 9.04. The molecule has 0 spiro atoms. The minimum absolute atomic E-state index is 0.711. The fourth-order valence-electron chi connectivity index (χ4n) is 3.92.